The smallest absolute Gasteiger partial charge is 0.416 e. The summed E-state index contributed by atoms with van der Waals surface area (Å²) in [5.41, 5.74) is 2.76. The molecule has 0 amide bonds. The third-order valence-corrected chi connectivity index (χ3v) is 5.74. The van der Waals surface area contributed by atoms with Crippen molar-refractivity contribution in [2.75, 3.05) is 0 Å². The zero-order chi connectivity index (χ0) is 24.3. The van der Waals surface area contributed by atoms with Crippen molar-refractivity contribution >= 4 is 29.2 Å². The van der Waals surface area contributed by atoms with Crippen LogP contribution in [0.3, 0.4) is 0 Å². The van der Waals surface area contributed by atoms with Gasteiger partial charge in [0.1, 0.15) is 0 Å². The molecule has 0 spiro atoms. The summed E-state index contributed by atoms with van der Waals surface area (Å²) in [6, 6.07) is 15.5. The van der Waals surface area contributed by atoms with Crippen molar-refractivity contribution in [3.05, 3.63) is 93.0 Å². The van der Waals surface area contributed by atoms with Gasteiger partial charge >= 0.3 is 12.1 Å². The first-order valence-electron chi connectivity index (χ1n) is 10.4. The largest absolute Gasteiger partial charge is 0.481 e. The van der Waals surface area contributed by atoms with E-state index < -0.39 is 23.6 Å². The molecule has 0 saturated carbocycles. The quantitative estimate of drug-likeness (QED) is 0.357. The van der Waals surface area contributed by atoms with Crippen LogP contribution in [-0.4, -0.2) is 11.1 Å². The zero-order valence-corrected chi connectivity index (χ0v) is 19.6. The fourth-order valence-electron chi connectivity index (χ4n) is 3.84. The number of aliphatic carboxylic acids is 1. The van der Waals surface area contributed by atoms with Crippen LogP contribution >= 0.6 is 23.2 Å². The number of hydrogen-bond acceptors (Lipinski definition) is 1. The zero-order valence-electron chi connectivity index (χ0n) is 18.1. The normalized spacial score (nSPS) is 12.7. The number of benzene rings is 3. The summed E-state index contributed by atoms with van der Waals surface area (Å²) in [5, 5.41) is 10.8. The summed E-state index contributed by atoms with van der Waals surface area (Å²) in [6.07, 6.45) is -3.55. The van der Waals surface area contributed by atoms with Gasteiger partial charge in [0, 0.05) is 10.0 Å². The van der Waals surface area contributed by atoms with Crippen LogP contribution in [0, 0.1) is 5.92 Å². The number of halogens is 5. The standard InChI is InChI=1S/C26H23Cl2F3O2/c1-15(2)7-24(25(32)33)20-10-16(8-17-11-22(27)14-23(28)12-17)9-19(13-20)18-3-5-21(6-4-18)26(29,30)31/h3-6,9-15,24H,7-8H2,1-2H3,(H,32,33). The van der Waals surface area contributed by atoms with Crippen LogP contribution < -0.4 is 0 Å². The monoisotopic (exact) mass is 494 g/mol. The van der Waals surface area contributed by atoms with E-state index in [1.54, 1.807) is 24.3 Å². The third-order valence-electron chi connectivity index (χ3n) is 5.30. The van der Waals surface area contributed by atoms with Crippen LogP contribution in [0.15, 0.2) is 60.7 Å². The molecule has 0 saturated heterocycles. The highest BCUT2D eigenvalue weighted by Gasteiger charge is 2.30. The van der Waals surface area contributed by atoms with E-state index in [0.29, 0.717) is 39.6 Å². The van der Waals surface area contributed by atoms with Crippen LogP contribution in [0.1, 0.15) is 48.4 Å². The van der Waals surface area contributed by atoms with Crippen molar-refractivity contribution in [2.45, 2.75) is 38.8 Å². The van der Waals surface area contributed by atoms with E-state index in [4.69, 9.17) is 23.2 Å². The lowest BCUT2D eigenvalue weighted by Crippen LogP contribution is -2.14. The molecule has 0 aromatic heterocycles. The highest BCUT2D eigenvalue weighted by molar-refractivity contribution is 6.34. The lowest BCUT2D eigenvalue weighted by molar-refractivity contribution is -0.139. The molecule has 0 bridgehead atoms. The molecule has 174 valence electrons. The number of carbonyl (C=O) groups is 1. The Labute approximate surface area is 201 Å². The highest BCUT2D eigenvalue weighted by atomic mass is 35.5. The molecule has 7 heteroatoms. The molecule has 3 aromatic rings. The molecule has 1 atom stereocenters. The molecule has 0 aliphatic carbocycles. The van der Waals surface area contributed by atoms with Gasteiger partial charge in [-0.25, -0.2) is 0 Å². The van der Waals surface area contributed by atoms with Crippen LogP contribution in [0.25, 0.3) is 11.1 Å². The maximum Gasteiger partial charge on any atom is 0.416 e. The molecule has 0 aliphatic rings. The fraction of sp³-hybridized carbons (Fsp3) is 0.269. The molecule has 0 aliphatic heterocycles. The van der Waals surface area contributed by atoms with Gasteiger partial charge in [0.15, 0.2) is 0 Å². The van der Waals surface area contributed by atoms with Gasteiger partial charge in [-0.05, 0) is 76.9 Å². The lowest BCUT2D eigenvalue weighted by Gasteiger charge is -2.18. The summed E-state index contributed by atoms with van der Waals surface area (Å²) in [5.74, 6) is -1.53. The minimum atomic E-state index is -4.43. The Morgan fingerprint density at radius 1 is 0.879 bits per heavy atom. The van der Waals surface area contributed by atoms with E-state index in [-0.39, 0.29) is 5.92 Å². The van der Waals surface area contributed by atoms with Gasteiger partial charge in [-0.2, -0.15) is 13.2 Å². The summed E-state index contributed by atoms with van der Waals surface area (Å²) >= 11 is 12.2. The van der Waals surface area contributed by atoms with Gasteiger partial charge in [0.25, 0.3) is 0 Å². The van der Waals surface area contributed by atoms with Gasteiger partial charge in [-0.1, -0.05) is 67.4 Å². The average Bonchev–Trinajstić information content (AvgIpc) is 2.70. The van der Waals surface area contributed by atoms with Crippen molar-refractivity contribution in [1.82, 2.24) is 0 Å². The van der Waals surface area contributed by atoms with Crippen molar-refractivity contribution in [3.63, 3.8) is 0 Å². The van der Waals surface area contributed by atoms with E-state index >= 15 is 0 Å². The van der Waals surface area contributed by atoms with E-state index in [2.05, 4.69) is 0 Å². The Balaban J connectivity index is 2.09. The van der Waals surface area contributed by atoms with E-state index in [1.807, 2.05) is 26.0 Å². The number of hydrogen-bond donors (Lipinski definition) is 1. The Hall–Kier alpha value is -2.50. The van der Waals surface area contributed by atoms with E-state index in [1.165, 1.54) is 12.1 Å². The van der Waals surface area contributed by atoms with Crippen molar-refractivity contribution in [2.24, 2.45) is 5.92 Å². The second-order valence-electron chi connectivity index (χ2n) is 8.51. The summed E-state index contributed by atoms with van der Waals surface area (Å²) in [6.45, 7) is 3.90. The minimum Gasteiger partial charge on any atom is -0.481 e. The predicted octanol–water partition coefficient (Wildman–Crippen LogP) is 8.48. The molecular formula is C26H23Cl2F3O2. The van der Waals surface area contributed by atoms with Gasteiger partial charge in [0.05, 0.1) is 11.5 Å². The Kier molecular flexibility index (Phi) is 7.76. The minimum absolute atomic E-state index is 0.149. The summed E-state index contributed by atoms with van der Waals surface area (Å²) in [4.78, 5) is 12.0. The number of carboxylic acid groups (broad SMARTS) is 1. The SMILES string of the molecule is CC(C)CC(C(=O)O)c1cc(Cc2cc(Cl)cc(Cl)c2)cc(-c2ccc(C(F)(F)F)cc2)c1. The van der Waals surface area contributed by atoms with E-state index in [0.717, 1.165) is 23.3 Å². The summed E-state index contributed by atoms with van der Waals surface area (Å²) < 4.78 is 39.0. The topological polar surface area (TPSA) is 37.3 Å². The second-order valence-corrected chi connectivity index (χ2v) is 9.39. The molecule has 1 N–H and O–H groups in total. The number of carboxylic acids is 1. The molecule has 3 rings (SSSR count). The maximum atomic E-state index is 13.0. The maximum absolute atomic E-state index is 13.0. The first kappa shape index (κ1) is 25.1. The molecule has 33 heavy (non-hydrogen) atoms. The molecule has 0 fully saturated rings. The van der Waals surface area contributed by atoms with E-state index in [9.17, 15) is 23.1 Å². The molecule has 0 radical (unpaired) electrons. The number of alkyl halides is 3. The molecule has 3 aromatic carbocycles. The Bertz CT molecular complexity index is 1120. The van der Waals surface area contributed by atoms with Gasteiger partial charge in [-0.3, -0.25) is 4.79 Å². The van der Waals surface area contributed by atoms with Crippen LogP contribution in [0.4, 0.5) is 13.2 Å². The first-order valence-corrected chi connectivity index (χ1v) is 11.2. The second kappa shape index (κ2) is 10.2. The van der Waals surface area contributed by atoms with Crippen LogP contribution in [-0.2, 0) is 17.4 Å². The Morgan fingerprint density at radius 3 is 1.97 bits per heavy atom. The summed E-state index contributed by atoms with van der Waals surface area (Å²) in [7, 11) is 0. The fourth-order valence-corrected chi connectivity index (χ4v) is 4.41. The lowest BCUT2D eigenvalue weighted by atomic mass is 9.86. The predicted molar refractivity (Wildman–Crippen MR) is 126 cm³/mol. The molecule has 0 heterocycles. The highest BCUT2D eigenvalue weighted by Crippen LogP contribution is 2.34. The van der Waals surface area contributed by atoms with Crippen molar-refractivity contribution in [1.29, 1.82) is 0 Å². The number of rotatable bonds is 7. The Morgan fingerprint density at radius 2 is 1.45 bits per heavy atom. The van der Waals surface area contributed by atoms with Crippen LogP contribution in [0.2, 0.25) is 10.0 Å². The van der Waals surface area contributed by atoms with Crippen molar-refractivity contribution in [3.8, 4) is 11.1 Å². The van der Waals surface area contributed by atoms with Gasteiger partial charge in [0.2, 0.25) is 0 Å². The third kappa shape index (κ3) is 6.75. The van der Waals surface area contributed by atoms with Gasteiger partial charge < -0.3 is 5.11 Å². The molecule has 2 nitrogen and oxygen atoms in total. The van der Waals surface area contributed by atoms with Crippen molar-refractivity contribution < 1.29 is 23.1 Å². The molecular weight excluding hydrogens is 472 g/mol. The first-order chi connectivity index (χ1) is 15.4. The molecule has 1 unspecified atom stereocenters. The average molecular weight is 495 g/mol. The van der Waals surface area contributed by atoms with Crippen LogP contribution in [0.5, 0.6) is 0 Å². The van der Waals surface area contributed by atoms with Gasteiger partial charge in [-0.15, -0.1) is 0 Å².